The second-order valence-electron chi connectivity index (χ2n) is 7.44. The second kappa shape index (κ2) is 9.58. The van der Waals surface area contributed by atoms with E-state index in [-0.39, 0.29) is 17.9 Å². The number of carbonyl (C=O) groups excluding carboxylic acids is 2. The number of nitrogens with one attached hydrogen (secondary N) is 2. The number of hydrogen-bond donors (Lipinski definition) is 2. The molecule has 0 fully saturated rings. The molecule has 1 aliphatic rings. The lowest BCUT2D eigenvalue weighted by Crippen LogP contribution is -2.33. The highest BCUT2D eigenvalue weighted by Gasteiger charge is 2.27. The van der Waals surface area contributed by atoms with Crippen LogP contribution in [-0.4, -0.2) is 41.1 Å². The van der Waals surface area contributed by atoms with Gasteiger partial charge in [0.1, 0.15) is 11.4 Å². The van der Waals surface area contributed by atoms with Gasteiger partial charge < -0.3 is 19.9 Å². The zero-order chi connectivity index (χ0) is 20.8. The summed E-state index contributed by atoms with van der Waals surface area (Å²) in [6.07, 6.45) is 4.26. The number of benzene rings is 1. The number of imidazole rings is 1. The summed E-state index contributed by atoms with van der Waals surface area (Å²) in [6, 6.07) is 7.84. The molecule has 0 saturated heterocycles. The molecule has 0 spiro atoms. The molecule has 2 aromatic rings. The first kappa shape index (κ1) is 20.9. The second-order valence-corrected chi connectivity index (χ2v) is 7.44. The maximum atomic E-state index is 12.8. The predicted octanol–water partition coefficient (Wildman–Crippen LogP) is 2.73. The van der Waals surface area contributed by atoms with E-state index in [1.807, 2.05) is 42.7 Å². The Labute approximate surface area is 171 Å². The molecule has 29 heavy (non-hydrogen) atoms. The topological polar surface area (TPSA) is 85.2 Å². The Kier molecular flexibility index (Phi) is 6.90. The molecule has 156 valence electrons. The summed E-state index contributed by atoms with van der Waals surface area (Å²) in [7, 11) is 1.64. The van der Waals surface area contributed by atoms with Crippen LogP contribution in [-0.2, 0) is 19.4 Å². The molecule has 2 heterocycles. The lowest BCUT2D eigenvalue weighted by atomic mass is 10.1. The van der Waals surface area contributed by atoms with Crippen molar-refractivity contribution in [2.45, 2.75) is 58.5 Å². The standard InChI is InChI=1S/C22H30N4O3/c1-4-15(2)24-21(27)19-17-10-7-8-14-26(17)20(25-19)22(28)23-13-12-16-9-5-6-11-18(16)29-3/h5-6,9,11,15H,4,7-8,10,12-14H2,1-3H3,(H,23,28)(H,24,27). The largest absolute Gasteiger partial charge is 0.496 e. The molecular formula is C22H30N4O3. The van der Waals surface area contributed by atoms with Crippen molar-refractivity contribution in [2.75, 3.05) is 13.7 Å². The summed E-state index contributed by atoms with van der Waals surface area (Å²) in [5.41, 5.74) is 2.29. The summed E-state index contributed by atoms with van der Waals surface area (Å²) in [5, 5.41) is 5.91. The third kappa shape index (κ3) is 4.78. The molecule has 1 atom stereocenters. The molecule has 1 aliphatic heterocycles. The number of hydrogen-bond acceptors (Lipinski definition) is 4. The van der Waals surface area contributed by atoms with Crippen LogP contribution in [0.1, 0.15) is 65.5 Å². The average Bonchev–Trinajstić information content (AvgIpc) is 3.14. The number of carbonyl (C=O) groups is 2. The van der Waals surface area contributed by atoms with Crippen LogP contribution < -0.4 is 15.4 Å². The van der Waals surface area contributed by atoms with Gasteiger partial charge in [-0.3, -0.25) is 9.59 Å². The Hall–Kier alpha value is -2.83. The van der Waals surface area contributed by atoms with Crippen LogP contribution >= 0.6 is 0 Å². The van der Waals surface area contributed by atoms with Gasteiger partial charge in [-0.25, -0.2) is 4.98 Å². The van der Waals surface area contributed by atoms with E-state index >= 15 is 0 Å². The fourth-order valence-corrected chi connectivity index (χ4v) is 3.59. The number of nitrogens with zero attached hydrogens (tertiary/aromatic N) is 2. The van der Waals surface area contributed by atoms with Crippen LogP contribution in [0.3, 0.4) is 0 Å². The normalized spacial score (nSPS) is 14.0. The summed E-state index contributed by atoms with van der Waals surface area (Å²) in [4.78, 5) is 29.9. The third-order valence-electron chi connectivity index (χ3n) is 5.40. The molecule has 7 heteroatoms. The molecular weight excluding hydrogens is 368 g/mol. The van der Waals surface area contributed by atoms with Crippen molar-refractivity contribution in [1.82, 2.24) is 20.2 Å². The minimum atomic E-state index is -0.245. The SMILES string of the molecule is CCC(C)NC(=O)c1nc(C(=O)NCCc2ccccc2OC)n2c1CCCC2. The van der Waals surface area contributed by atoms with Crippen molar-refractivity contribution in [3.05, 3.63) is 47.0 Å². The van der Waals surface area contributed by atoms with Crippen LogP contribution in [0.4, 0.5) is 0 Å². The van der Waals surface area contributed by atoms with Gasteiger partial charge in [-0.15, -0.1) is 0 Å². The lowest BCUT2D eigenvalue weighted by molar-refractivity contribution is 0.0933. The van der Waals surface area contributed by atoms with Crippen molar-refractivity contribution in [3.63, 3.8) is 0 Å². The summed E-state index contributed by atoms with van der Waals surface area (Å²) in [6.45, 7) is 5.17. The minimum absolute atomic E-state index is 0.0709. The molecule has 1 aromatic carbocycles. The molecule has 0 bridgehead atoms. The first-order chi connectivity index (χ1) is 14.0. The van der Waals surface area contributed by atoms with Crippen LogP contribution in [0.5, 0.6) is 5.75 Å². The summed E-state index contributed by atoms with van der Waals surface area (Å²) < 4.78 is 7.27. The molecule has 7 nitrogen and oxygen atoms in total. The first-order valence-corrected chi connectivity index (χ1v) is 10.4. The van der Waals surface area contributed by atoms with E-state index in [2.05, 4.69) is 15.6 Å². The Bertz CT molecular complexity index is 875. The van der Waals surface area contributed by atoms with Gasteiger partial charge >= 0.3 is 0 Å². The van der Waals surface area contributed by atoms with Crippen LogP contribution in [0.15, 0.2) is 24.3 Å². The monoisotopic (exact) mass is 398 g/mol. The highest BCUT2D eigenvalue weighted by atomic mass is 16.5. The smallest absolute Gasteiger partial charge is 0.287 e. The number of rotatable bonds is 8. The summed E-state index contributed by atoms with van der Waals surface area (Å²) >= 11 is 0. The van der Waals surface area contributed by atoms with E-state index in [9.17, 15) is 9.59 Å². The number of methoxy groups -OCH3 is 1. The van der Waals surface area contributed by atoms with E-state index in [4.69, 9.17) is 4.74 Å². The van der Waals surface area contributed by atoms with Crippen LogP contribution in [0, 0.1) is 0 Å². The van der Waals surface area contributed by atoms with Gasteiger partial charge in [0.25, 0.3) is 11.8 Å². The zero-order valence-electron chi connectivity index (χ0n) is 17.5. The van der Waals surface area contributed by atoms with Gasteiger partial charge in [0, 0.05) is 19.1 Å². The van der Waals surface area contributed by atoms with Gasteiger partial charge in [0.05, 0.1) is 12.8 Å². The maximum Gasteiger partial charge on any atom is 0.287 e. The van der Waals surface area contributed by atoms with E-state index in [1.165, 1.54) is 0 Å². The van der Waals surface area contributed by atoms with Gasteiger partial charge in [-0.2, -0.15) is 0 Å². The number of para-hydroxylation sites is 1. The van der Waals surface area contributed by atoms with E-state index in [0.717, 1.165) is 42.7 Å². The number of fused-ring (bicyclic) bond motifs is 1. The molecule has 1 aromatic heterocycles. The van der Waals surface area contributed by atoms with Gasteiger partial charge in [-0.1, -0.05) is 25.1 Å². The van der Waals surface area contributed by atoms with Crippen molar-refractivity contribution in [1.29, 1.82) is 0 Å². The van der Waals surface area contributed by atoms with Crippen molar-refractivity contribution in [2.24, 2.45) is 0 Å². The van der Waals surface area contributed by atoms with E-state index in [1.54, 1.807) is 7.11 Å². The molecule has 3 rings (SSSR count). The van der Waals surface area contributed by atoms with Crippen molar-refractivity contribution >= 4 is 11.8 Å². The fraction of sp³-hybridized carbons (Fsp3) is 0.500. The Morgan fingerprint density at radius 1 is 1.24 bits per heavy atom. The highest BCUT2D eigenvalue weighted by molar-refractivity contribution is 5.97. The minimum Gasteiger partial charge on any atom is -0.496 e. The fourth-order valence-electron chi connectivity index (χ4n) is 3.59. The van der Waals surface area contributed by atoms with Crippen LogP contribution in [0.25, 0.3) is 0 Å². The molecule has 1 unspecified atom stereocenters. The number of amides is 2. The van der Waals surface area contributed by atoms with Gasteiger partial charge in [-0.05, 0) is 50.7 Å². The predicted molar refractivity (Wildman–Crippen MR) is 111 cm³/mol. The molecule has 0 radical (unpaired) electrons. The van der Waals surface area contributed by atoms with Crippen LogP contribution in [0.2, 0.25) is 0 Å². The molecule has 2 N–H and O–H groups in total. The van der Waals surface area contributed by atoms with Gasteiger partial charge in [0.2, 0.25) is 0 Å². The van der Waals surface area contributed by atoms with Crippen molar-refractivity contribution in [3.8, 4) is 5.75 Å². The summed E-state index contributed by atoms with van der Waals surface area (Å²) in [5.74, 6) is 0.696. The Balaban J connectivity index is 1.72. The quantitative estimate of drug-likeness (QED) is 0.716. The van der Waals surface area contributed by atoms with E-state index in [0.29, 0.717) is 31.0 Å². The first-order valence-electron chi connectivity index (χ1n) is 10.4. The zero-order valence-corrected chi connectivity index (χ0v) is 17.5. The lowest BCUT2D eigenvalue weighted by Gasteiger charge is -2.17. The Morgan fingerprint density at radius 2 is 2.03 bits per heavy atom. The molecule has 2 amide bonds. The number of aromatic nitrogens is 2. The maximum absolute atomic E-state index is 12.8. The van der Waals surface area contributed by atoms with E-state index < -0.39 is 0 Å². The Morgan fingerprint density at radius 3 is 2.79 bits per heavy atom. The molecule has 0 aliphatic carbocycles. The number of ether oxygens (including phenoxy) is 1. The van der Waals surface area contributed by atoms with Crippen molar-refractivity contribution < 1.29 is 14.3 Å². The third-order valence-corrected chi connectivity index (χ3v) is 5.40. The average molecular weight is 399 g/mol. The highest BCUT2D eigenvalue weighted by Crippen LogP contribution is 2.22. The van der Waals surface area contributed by atoms with Gasteiger partial charge in [0.15, 0.2) is 5.82 Å². The molecule has 0 saturated carbocycles.